The molecule has 2 aliphatic rings. The first-order valence-corrected chi connectivity index (χ1v) is 14.7. The van der Waals surface area contributed by atoms with Crippen LogP contribution in [0.5, 0.6) is 0 Å². The van der Waals surface area contributed by atoms with E-state index in [0.717, 1.165) is 66.7 Å². The van der Waals surface area contributed by atoms with Gasteiger partial charge in [-0.1, -0.05) is 43.7 Å². The number of carboxylic acid groups (broad SMARTS) is 1. The van der Waals surface area contributed by atoms with Crippen molar-refractivity contribution in [1.82, 2.24) is 19.7 Å². The highest BCUT2D eigenvalue weighted by Crippen LogP contribution is 2.55. The van der Waals surface area contributed by atoms with Crippen LogP contribution in [-0.4, -0.2) is 49.2 Å². The van der Waals surface area contributed by atoms with E-state index >= 15 is 0 Å². The third-order valence-electron chi connectivity index (χ3n) is 8.54. The number of aromatic carboxylic acids is 1. The molecule has 7 heteroatoms. The van der Waals surface area contributed by atoms with Crippen molar-refractivity contribution in [2.24, 2.45) is 0 Å². The summed E-state index contributed by atoms with van der Waals surface area (Å²) in [7, 11) is 0. The Kier molecular flexibility index (Phi) is 7.43. The van der Waals surface area contributed by atoms with Crippen LogP contribution < -0.4 is 0 Å². The normalized spacial score (nSPS) is 20.1. The number of rotatable bonds is 8. The molecule has 3 heterocycles. The SMILES string of the molecule is CCCC1CCCCN1C(=O)c1cccc(-c2cccc(-n3ncc(C(=O)O)c3[C@@H]3CC3c3ccc(C)cn3)c2)c1. The lowest BCUT2D eigenvalue weighted by Gasteiger charge is -2.36. The first kappa shape index (κ1) is 26.9. The predicted molar refractivity (Wildman–Crippen MR) is 159 cm³/mol. The average molecular weight is 549 g/mol. The lowest BCUT2D eigenvalue weighted by molar-refractivity contribution is 0.0600. The maximum atomic E-state index is 13.6. The molecule has 2 aromatic carbocycles. The topological polar surface area (TPSA) is 88.3 Å². The number of piperidine rings is 1. The number of pyridine rings is 1. The molecule has 2 fully saturated rings. The molecule has 1 amide bonds. The maximum Gasteiger partial charge on any atom is 0.339 e. The second kappa shape index (κ2) is 11.3. The first-order chi connectivity index (χ1) is 19.9. The zero-order chi connectivity index (χ0) is 28.5. The number of aryl methyl sites for hydroxylation is 1. The third-order valence-corrected chi connectivity index (χ3v) is 8.54. The van der Waals surface area contributed by atoms with Gasteiger partial charge in [-0.25, -0.2) is 9.48 Å². The fourth-order valence-corrected chi connectivity index (χ4v) is 6.32. The number of nitrogens with zero attached hydrogens (tertiary/aromatic N) is 4. The molecule has 0 radical (unpaired) electrons. The van der Waals surface area contributed by atoms with E-state index in [1.807, 2.05) is 73.8 Å². The molecule has 4 aromatic rings. The van der Waals surface area contributed by atoms with Gasteiger partial charge in [0.05, 0.1) is 17.6 Å². The summed E-state index contributed by atoms with van der Waals surface area (Å²) in [5.74, 6) is -0.674. The molecule has 0 bridgehead atoms. The zero-order valence-corrected chi connectivity index (χ0v) is 23.7. The Morgan fingerprint density at radius 3 is 2.54 bits per heavy atom. The van der Waals surface area contributed by atoms with E-state index in [2.05, 4.69) is 21.9 Å². The van der Waals surface area contributed by atoms with Gasteiger partial charge in [0.15, 0.2) is 0 Å². The molecular formula is C34H36N4O3. The molecule has 7 nitrogen and oxygen atoms in total. The summed E-state index contributed by atoms with van der Waals surface area (Å²) < 4.78 is 1.77. The Morgan fingerprint density at radius 1 is 0.976 bits per heavy atom. The highest BCUT2D eigenvalue weighted by atomic mass is 16.4. The zero-order valence-electron chi connectivity index (χ0n) is 23.7. The molecule has 1 aliphatic heterocycles. The molecule has 3 atom stereocenters. The largest absolute Gasteiger partial charge is 0.478 e. The Hall–Kier alpha value is -4.26. The van der Waals surface area contributed by atoms with Crippen molar-refractivity contribution in [3.05, 3.63) is 101 Å². The van der Waals surface area contributed by atoms with Gasteiger partial charge in [-0.3, -0.25) is 9.78 Å². The van der Waals surface area contributed by atoms with Crippen molar-refractivity contribution in [3.63, 3.8) is 0 Å². The van der Waals surface area contributed by atoms with E-state index in [-0.39, 0.29) is 23.3 Å². The summed E-state index contributed by atoms with van der Waals surface area (Å²) in [5, 5.41) is 14.5. The van der Waals surface area contributed by atoms with Crippen LogP contribution in [0.3, 0.4) is 0 Å². The van der Waals surface area contributed by atoms with E-state index in [9.17, 15) is 14.7 Å². The van der Waals surface area contributed by atoms with Crippen LogP contribution in [0.15, 0.2) is 73.1 Å². The van der Waals surface area contributed by atoms with Crippen LogP contribution in [-0.2, 0) is 0 Å². The summed E-state index contributed by atoms with van der Waals surface area (Å²) in [6, 6.07) is 20.2. The standard InChI is InChI=1S/C34H36N4O3/c1-3-8-26-12-4-5-16-37(26)33(39)25-11-6-9-23(17-25)24-10-7-13-27(18-24)38-32(30(21-36-38)34(40)41)29-19-28(29)31-15-14-22(2)20-35-31/h6-7,9-11,13-15,17-18,20-21,26,28-29H,3-5,8,12,16,19H2,1-2H3,(H,40,41)/t26?,28?,29-/m1/s1. The van der Waals surface area contributed by atoms with Gasteiger partial charge in [0.25, 0.3) is 5.91 Å². The van der Waals surface area contributed by atoms with Crippen LogP contribution in [0.1, 0.15) is 95.0 Å². The van der Waals surface area contributed by atoms with Crippen molar-refractivity contribution >= 4 is 11.9 Å². The lowest BCUT2D eigenvalue weighted by Crippen LogP contribution is -2.43. The van der Waals surface area contributed by atoms with Crippen LogP contribution in [0.4, 0.5) is 0 Å². The van der Waals surface area contributed by atoms with Crippen molar-refractivity contribution in [2.45, 2.75) is 70.3 Å². The van der Waals surface area contributed by atoms with Gasteiger partial charge in [-0.2, -0.15) is 5.10 Å². The van der Waals surface area contributed by atoms with Crippen LogP contribution >= 0.6 is 0 Å². The molecule has 41 heavy (non-hydrogen) atoms. The van der Waals surface area contributed by atoms with E-state index in [1.54, 1.807) is 4.68 Å². The number of aromatic nitrogens is 3. The fraction of sp³-hybridized carbons (Fsp3) is 0.353. The minimum Gasteiger partial charge on any atom is -0.478 e. The lowest BCUT2D eigenvalue weighted by atomic mass is 9.96. The summed E-state index contributed by atoms with van der Waals surface area (Å²) in [4.78, 5) is 32.4. The van der Waals surface area contributed by atoms with Gasteiger partial charge in [0, 0.05) is 41.9 Å². The third kappa shape index (κ3) is 5.41. The maximum absolute atomic E-state index is 13.6. The minimum atomic E-state index is -0.977. The number of carbonyl (C=O) groups is 2. The molecule has 0 spiro atoms. The van der Waals surface area contributed by atoms with Crippen molar-refractivity contribution < 1.29 is 14.7 Å². The van der Waals surface area contributed by atoms with Crippen LogP contribution in [0.2, 0.25) is 0 Å². The predicted octanol–water partition coefficient (Wildman–Crippen LogP) is 7.01. The summed E-state index contributed by atoms with van der Waals surface area (Å²) in [6.45, 7) is 5.00. The average Bonchev–Trinajstić information content (AvgIpc) is 3.66. The molecule has 210 valence electrons. The Labute approximate surface area is 240 Å². The molecule has 1 saturated carbocycles. The highest BCUT2D eigenvalue weighted by molar-refractivity contribution is 5.96. The Bertz CT molecular complexity index is 1570. The number of amides is 1. The number of carboxylic acids is 1. The quantitative estimate of drug-likeness (QED) is 0.256. The van der Waals surface area contributed by atoms with Crippen molar-refractivity contribution in [1.29, 1.82) is 0 Å². The number of carbonyl (C=O) groups excluding carboxylic acids is 1. The van der Waals surface area contributed by atoms with Gasteiger partial charge in [-0.05, 0) is 86.1 Å². The van der Waals surface area contributed by atoms with Crippen molar-refractivity contribution in [3.8, 4) is 16.8 Å². The molecule has 1 aliphatic carbocycles. The first-order valence-electron chi connectivity index (χ1n) is 14.7. The number of hydrogen-bond acceptors (Lipinski definition) is 4. The van der Waals surface area contributed by atoms with Crippen molar-refractivity contribution in [2.75, 3.05) is 6.54 Å². The smallest absolute Gasteiger partial charge is 0.339 e. The summed E-state index contributed by atoms with van der Waals surface area (Å²) in [6.07, 6.45) is 9.58. The second-order valence-electron chi connectivity index (χ2n) is 11.4. The number of benzene rings is 2. The van der Waals surface area contributed by atoms with E-state index in [1.165, 1.54) is 12.6 Å². The Balaban J connectivity index is 1.30. The molecule has 1 saturated heterocycles. The molecule has 2 unspecified atom stereocenters. The monoisotopic (exact) mass is 548 g/mol. The van der Waals surface area contributed by atoms with Gasteiger partial charge >= 0.3 is 5.97 Å². The summed E-state index contributed by atoms with van der Waals surface area (Å²) >= 11 is 0. The second-order valence-corrected chi connectivity index (χ2v) is 11.4. The van der Waals surface area contributed by atoms with Gasteiger partial charge in [-0.15, -0.1) is 0 Å². The number of likely N-dealkylation sites (tertiary alicyclic amines) is 1. The van der Waals surface area contributed by atoms with Crippen LogP contribution in [0.25, 0.3) is 16.8 Å². The van der Waals surface area contributed by atoms with Gasteiger partial charge in [0.1, 0.15) is 5.56 Å². The summed E-state index contributed by atoms with van der Waals surface area (Å²) in [5.41, 5.74) is 6.41. The fourth-order valence-electron chi connectivity index (χ4n) is 6.32. The number of hydrogen-bond donors (Lipinski definition) is 1. The molecule has 1 N–H and O–H groups in total. The van der Waals surface area contributed by atoms with E-state index < -0.39 is 5.97 Å². The van der Waals surface area contributed by atoms with E-state index in [4.69, 9.17) is 0 Å². The van der Waals surface area contributed by atoms with E-state index in [0.29, 0.717) is 17.3 Å². The minimum absolute atomic E-state index is 0.0315. The highest BCUT2D eigenvalue weighted by Gasteiger charge is 2.45. The Morgan fingerprint density at radius 2 is 1.78 bits per heavy atom. The molecule has 6 rings (SSSR count). The van der Waals surface area contributed by atoms with Gasteiger partial charge < -0.3 is 10.0 Å². The molecular weight excluding hydrogens is 512 g/mol. The molecule has 2 aromatic heterocycles. The van der Waals surface area contributed by atoms with Crippen LogP contribution in [0, 0.1) is 6.92 Å². The van der Waals surface area contributed by atoms with Gasteiger partial charge in [0.2, 0.25) is 0 Å².